The van der Waals surface area contributed by atoms with Gasteiger partial charge in [-0.15, -0.1) is 0 Å². The molecule has 4 heteroatoms. The van der Waals surface area contributed by atoms with Gasteiger partial charge in [-0.1, -0.05) is 96.1 Å². The van der Waals surface area contributed by atoms with Crippen molar-refractivity contribution in [2.24, 2.45) is 15.9 Å². The molecule has 0 aromatic heterocycles. The number of rotatable bonds is 17. The van der Waals surface area contributed by atoms with Crippen molar-refractivity contribution in [3.8, 4) is 0 Å². The minimum Gasteiger partial charge on any atom is -0.479 e. The Kier molecular flexibility index (Phi) is 17.9. The van der Waals surface area contributed by atoms with Crippen LogP contribution in [0.1, 0.15) is 135 Å². The van der Waals surface area contributed by atoms with Gasteiger partial charge in [0, 0.05) is 12.3 Å². The molecule has 2 aliphatic heterocycles. The monoisotopic (exact) mass is 474 g/mol. The number of ether oxygens (including phenoxy) is 2. The predicted octanol–water partition coefficient (Wildman–Crippen LogP) is 8.84. The molecule has 0 aromatic carbocycles. The first kappa shape index (κ1) is 28.9. The highest BCUT2D eigenvalue weighted by molar-refractivity contribution is 5.79. The molecule has 3 rings (SSSR count). The van der Waals surface area contributed by atoms with Crippen molar-refractivity contribution in [2.75, 3.05) is 26.3 Å². The van der Waals surface area contributed by atoms with Crippen LogP contribution in [0.2, 0.25) is 0 Å². The maximum atomic E-state index is 5.44. The second kappa shape index (κ2) is 21.0. The van der Waals surface area contributed by atoms with Gasteiger partial charge in [-0.3, -0.25) is 9.98 Å². The molecule has 1 fully saturated rings. The quantitative estimate of drug-likeness (QED) is 0.156. The van der Waals surface area contributed by atoms with E-state index in [0.717, 1.165) is 44.5 Å². The molecule has 196 valence electrons. The molecule has 0 amide bonds. The molecule has 34 heavy (non-hydrogen) atoms. The highest BCUT2D eigenvalue weighted by Gasteiger charge is 2.22. The molecule has 0 aromatic rings. The van der Waals surface area contributed by atoms with Gasteiger partial charge in [-0.25, -0.2) is 0 Å². The third-order valence-electron chi connectivity index (χ3n) is 7.11. The highest BCUT2D eigenvalue weighted by Crippen LogP contribution is 2.26. The number of unbranched alkanes of at least 4 members (excludes halogenated alkanes) is 12. The molecule has 0 saturated heterocycles. The Labute approximate surface area is 211 Å². The minimum absolute atomic E-state index is 0.672. The summed E-state index contributed by atoms with van der Waals surface area (Å²) < 4.78 is 10.9. The van der Waals surface area contributed by atoms with Crippen LogP contribution in [0, 0.1) is 5.92 Å². The van der Waals surface area contributed by atoms with Crippen LogP contribution in [-0.4, -0.2) is 38.1 Å². The summed E-state index contributed by atoms with van der Waals surface area (Å²) in [5.74, 6) is 2.73. The fourth-order valence-corrected chi connectivity index (χ4v) is 5.00. The van der Waals surface area contributed by atoms with Gasteiger partial charge in [-0.05, 0) is 44.9 Å². The van der Waals surface area contributed by atoms with Crippen LogP contribution < -0.4 is 0 Å². The summed E-state index contributed by atoms with van der Waals surface area (Å²) in [6.07, 6.45) is 31.7. The summed E-state index contributed by atoms with van der Waals surface area (Å²) >= 11 is 0. The Balaban J connectivity index is 0.000000305. The average Bonchev–Trinajstić information content (AvgIpc) is 3.60. The molecule has 3 aliphatic rings. The molecule has 0 N–H and O–H groups in total. The van der Waals surface area contributed by atoms with Gasteiger partial charge in [-0.2, -0.15) is 0 Å². The Morgan fingerprint density at radius 3 is 1.85 bits per heavy atom. The van der Waals surface area contributed by atoms with Crippen molar-refractivity contribution in [1.82, 2.24) is 0 Å². The van der Waals surface area contributed by atoms with Crippen LogP contribution in [0.5, 0.6) is 0 Å². The molecule has 2 heterocycles. The normalized spacial score (nSPS) is 18.3. The summed E-state index contributed by atoms with van der Waals surface area (Å²) in [6.45, 7) is 5.69. The van der Waals surface area contributed by atoms with E-state index in [-0.39, 0.29) is 0 Å². The van der Waals surface area contributed by atoms with Crippen LogP contribution in [0.15, 0.2) is 22.1 Å². The Hall–Kier alpha value is -1.32. The van der Waals surface area contributed by atoms with Crippen molar-refractivity contribution in [3.63, 3.8) is 0 Å². The lowest BCUT2D eigenvalue weighted by atomic mass is 9.89. The SMILES string of the molecule is C1CCC(C2=NCCO2)CC1.CCCCCCCCC=CCCCCCCCCC1=NCCO1. The van der Waals surface area contributed by atoms with Gasteiger partial charge in [0.1, 0.15) is 13.2 Å². The Morgan fingerprint density at radius 1 is 0.676 bits per heavy atom. The zero-order valence-electron chi connectivity index (χ0n) is 22.4. The largest absolute Gasteiger partial charge is 0.479 e. The average molecular weight is 475 g/mol. The van der Waals surface area contributed by atoms with Crippen molar-refractivity contribution in [1.29, 1.82) is 0 Å². The van der Waals surface area contributed by atoms with E-state index in [4.69, 9.17) is 9.47 Å². The molecule has 1 aliphatic carbocycles. The molecular weight excluding hydrogens is 420 g/mol. The Bertz CT molecular complexity index is 564. The molecule has 0 atom stereocenters. The maximum absolute atomic E-state index is 5.44. The maximum Gasteiger partial charge on any atom is 0.186 e. The third kappa shape index (κ3) is 14.8. The van der Waals surface area contributed by atoms with Crippen LogP contribution in [0.3, 0.4) is 0 Å². The van der Waals surface area contributed by atoms with Crippen molar-refractivity contribution in [3.05, 3.63) is 12.2 Å². The van der Waals surface area contributed by atoms with Gasteiger partial charge >= 0.3 is 0 Å². The first-order chi connectivity index (χ1) is 16.9. The number of allylic oxidation sites excluding steroid dienone is 2. The first-order valence-electron chi connectivity index (χ1n) is 14.9. The molecule has 0 unspecified atom stereocenters. The summed E-state index contributed by atoms with van der Waals surface area (Å²) in [4.78, 5) is 8.68. The van der Waals surface area contributed by atoms with Crippen molar-refractivity contribution >= 4 is 11.8 Å². The van der Waals surface area contributed by atoms with Crippen molar-refractivity contribution < 1.29 is 9.47 Å². The topological polar surface area (TPSA) is 43.2 Å². The van der Waals surface area contributed by atoms with Gasteiger partial charge in [0.05, 0.1) is 13.1 Å². The van der Waals surface area contributed by atoms with Gasteiger partial charge in [0.15, 0.2) is 11.8 Å². The number of hydrogen-bond acceptors (Lipinski definition) is 4. The summed E-state index contributed by atoms with van der Waals surface area (Å²) in [5.41, 5.74) is 0. The second-order valence-corrected chi connectivity index (χ2v) is 10.2. The van der Waals surface area contributed by atoms with Gasteiger partial charge in [0.2, 0.25) is 0 Å². The van der Waals surface area contributed by atoms with E-state index < -0.39 is 0 Å². The molecule has 0 bridgehead atoms. The fourth-order valence-electron chi connectivity index (χ4n) is 5.00. The standard InChI is InChI=1S/C21H39NO.C9H15NO/c1-2-3-4-5-6-7-8-9-10-11-12-13-14-15-16-17-18-21-22-19-20-23-21;1-2-4-8(5-3-1)9-10-6-7-11-9/h9-10H,2-8,11-20H2,1H3;8H,1-7H2. The molecular formula is C30H54N2O2. The number of hydrogen-bond donors (Lipinski definition) is 0. The second-order valence-electron chi connectivity index (χ2n) is 10.2. The molecule has 1 saturated carbocycles. The van der Waals surface area contributed by atoms with E-state index in [0.29, 0.717) is 5.92 Å². The summed E-state index contributed by atoms with van der Waals surface area (Å²) in [7, 11) is 0. The number of aliphatic imine (C=N–C) groups is 2. The molecule has 4 nitrogen and oxygen atoms in total. The van der Waals surface area contributed by atoms with Gasteiger partial charge in [0.25, 0.3) is 0 Å². The zero-order valence-corrected chi connectivity index (χ0v) is 22.4. The summed E-state index contributed by atoms with van der Waals surface area (Å²) in [6, 6.07) is 0. The number of nitrogens with zero attached hydrogens (tertiary/aromatic N) is 2. The van der Waals surface area contributed by atoms with Crippen LogP contribution in [-0.2, 0) is 9.47 Å². The lowest BCUT2D eigenvalue weighted by Crippen LogP contribution is -2.17. The zero-order chi connectivity index (χ0) is 23.9. The van der Waals surface area contributed by atoms with Crippen LogP contribution >= 0.6 is 0 Å². The molecule has 0 radical (unpaired) electrons. The predicted molar refractivity (Wildman–Crippen MR) is 147 cm³/mol. The van der Waals surface area contributed by atoms with E-state index >= 15 is 0 Å². The minimum atomic E-state index is 0.672. The highest BCUT2D eigenvalue weighted by atomic mass is 16.5. The molecule has 0 spiro atoms. The third-order valence-corrected chi connectivity index (χ3v) is 7.11. The van der Waals surface area contributed by atoms with E-state index in [1.807, 2.05) is 0 Å². The smallest absolute Gasteiger partial charge is 0.186 e. The van der Waals surface area contributed by atoms with Crippen molar-refractivity contribution in [2.45, 2.75) is 135 Å². The van der Waals surface area contributed by atoms with E-state index in [1.54, 1.807) is 0 Å². The summed E-state index contributed by atoms with van der Waals surface area (Å²) in [5, 5.41) is 0. The van der Waals surface area contributed by atoms with E-state index in [2.05, 4.69) is 29.1 Å². The fraction of sp³-hybridized carbons (Fsp3) is 0.867. The van der Waals surface area contributed by atoms with Crippen LogP contribution in [0.4, 0.5) is 0 Å². The lowest BCUT2D eigenvalue weighted by Gasteiger charge is -2.20. The Morgan fingerprint density at radius 2 is 1.26 bits per heavy atom. The lowest BCUT2D eigenvalue weighted by molar-refractivity contribution is 0.299. The first-order valence-corrected chi connectivity index (χ1v) is 14.9. The van der Waals surface area contributed by atoms with Gasteiger partial charge < -0.3 is 9.47 Å². The van der Waals surface area contributed by atoms with Crippen LogP contribution in [0.25, 0.3) is 0 Å². The van der Waals surface area contributed by atoms with E-state index in [1.165, 1.54) is 122 Å². The van der Waals surface area contributed by atoms with E-state index in [9.17, 15) is 0 Å².